The highest BCUT2D eigenvalue weighted by Crippen LogP contribution is 2.23. The van der Waals surface area contributed by atoms with Crippen LogP contribution in [0.1, 0.15) is 32.0 Å². The molecule has 0 bridgehead atoms. The van der Waals surface area contributed by atoms with Crippen LogP contribution in [0.3, 0.4) is 0 Å². The summed E-state index contributed by atoms with van der Waals surface area (Å²) in [7, 11) is 0. The predicted molar refractivity (Wildman–Crippen MR) is 96.9 cm³/mol. The SMILES string of the molecule is CC(C)(C)c1cc(NC(=O)COC(=O)/C=C/c2ccccc2[N+](=O)[O-])on1. The molecule has 9 heteroatoms. The Morgan fingerprint density at radius 2 is 2.04 bits per heavy atom. The van der Waals surface area contributed by atoms with E-state index in [0.29, 0.717) is 5.69 Å². The smallest absolute Gasteiger partial charge is 0.331 e. The number of carbonyl (C=O) groups excluding carboxylic acids is 2. The lowest BCUT2D eigenvalue weighted by Crippen LogP contribution is -2.19. The lowest BCUT2D eigenvalue weighted by molar-refractivity contribution is -0.385. The lowest BCUT2D eigenvalue weighted by atomic mass is 9.92. The number of ether oxygens (including phenoxy) is 1. The van der Waals surface area contributed by atoms with Crippen molar-refractivity contribution >= 4 is 29.5 Å². The van der Waals surface area contributed by atoms with Gasteiger partial charge >= 0.3 is 5.97 Å². The van der Waals surface area contributed by atoms with Gasteiger partial charge < -0.3 is 9.26 Å². The van der Waals surface area contributed by atoms with E-state index in [0.717, 1.165) is 6.08 Å². The van der Waals surface area contributed by atoms with Gasteiger partial charge in [-0.15, -0.1) is 0 Å². The summed E-state index contributed by atoms with van der Waals surface area (Å²) in [4.78, 5) is 33.9. The average molecular weight is 373 g/mol. The van der Waals surface area contributed by atoms with Gasteiger partial charge in [-0.25, -0.2) is 4.79 Å². The van der Waals surface area contributed by atoms with E-state index >= 15 is 0 Å². The normalized spacial score (nSPS) is 11.4. The van der Waals surface area contributed by atoms with Gasteiger partial charge in [0.2, 0.25) is 5.88 Å². The zero-order valence-electron chi connectivity index (χ0n) is 15.1. The maximum absolute atomic E-state index is 11.8. The third kappa shape index (κ3) is 5.77. The zero-order valence-corrected chi connectivity index (χ0v) is 15.1. The van der Waals surface area contributed by atoms with Gasteiger partial charge in [-0.2, -0.15) is 0 Å². The van der Waals surface area contributed by atoms with Crippen molar-refractivity contribution in [2.45, 2.75) is 26.2 Å². The second-order valence-corrected chi connectivity index (χ2v) is 6.63. The summed E-state index contributed by atoms with van der Waals surface area (Å²) in [6.45, 7) is 5.30. The Morgan fingerprint density at radius 3 is 2.67 bits per heavy atom. The minimum atomic E-state index is -0.809. The summed E-state index contributed by atoms with van der Waals surface area (Å²) < 4.78 is 9.81. The Kier molecular flexibility index (Phi) is 6.07. The van der Waals surface area contributed by atoms with Gasteiger partial charge in [0.05, 0.1) is 16.2 Å². The molecule has 1 aromatic heterocycles. The number of hydrogen-bond donors (Lipinski definition) is 1. The van der Waals surface area contributed by atoms with Gasteiger partial charge in [-0.1, -0.05) is 38.1 Å². The summed E-state index contributed by atoms with van der Waals surface area (Å²) >= 11 is 0. The molecule has 2 rings (SSSR count). The van der Waals surface area contributed by atoms with Gasteiger partial charge in [0.15, 0.2) is 6.61 Å². The quantitative estimate of drug-likeness (QED) is 0.357. The fourth-order valence-electron chi connectivity index (χ4n) is 2.00. The molecule has 0 saturated heterocycles. The van der Waals surface area contributed by atoms with Crippen LogP contribution in [-0.2, 0) is 19.7 Å². The number of rotatable bonds is 6. The van der Waals surface area contributed by atoms with Gasteiger partial charge in [-0.05, 0) is 12.1 Å². The molecule has 0 aliphatic carbocycles. The number of nitro groups is 1. The highest BCUT2D eigenvalue weighted by molar-refractivity contribution is 5.94. The summed E-state index contributed by atoms with van der Waals surface area (Å²) in [6, 6.07) is 7.53. The number of nitro benzene ring substituents is 1. The van der Waals surface area contributed by atoms with Crippen molar-refractivity contribution in [2.24, 2.45) is 0 Å². The number of carbonyl (C=O) groups is 2. The first-order valence-corrected chi connectivity index (χ1v) is 8.02. The highest BCUT2D eigenvalue weighted by Gasteiger charge is 2.20. The van der Waals surface area contributed by atoms with Crippen LogP contribution in [0.15, 0.2) is 40.9 Å². The van der Waals surface area contributed by atoms with Crippen molar-refractivity contribution < 1.29 is 23.8 Å². The van der Waals surface area contributed by atoms with Crippen molar-refractivity contribution in [1.82, 2.24) is 5.16 Å². The molecule has 0 saturated carbocycles. The number of aromatic nitrogens is 1. The van der Waals surface area contributed by atoms with Gasteiger partial charge in [-0.3, -0.25) is 20.2 Å². The number of anilines is 1. The summed E-state index contributed by atoms with van der Waals surface area (Å²) in [6.07, 6.45) is 2.27. The predicted octanol–water partition coefficient (Wildman–Crippen LogP) is 3.08. The molecule has 0 aliphatic heterocycles. The van der Waals surface area contributed by atoms with E-state index in [2.05, 4.69) is 10.5 Å². The molecule has 0 aliphatic rings. The van der Waals surface area contributed by atoms with E-state index < -0.39 is 23.4 Å². The van der Waals surface area contributed by atoms with Gasteiger partial charge in [0.1, 0.15) is 0 Å². The third-order valence-electron chi connectivity index (χ3n) is 3.42. The first-order valence-electron chi connectivity index (χ1n) is 8.02. The van der Waals surface area contributed by atoms with Crippen molar-refractivity contribution in [2.75, 3.05) is 11.9 Å². The lowest BCUT2D eigenvalue weighted by Gasteiger charge is -2.12. The standard InChI is InChI=1S/C18H19N3O6/c1-18(2,3)14-10-16(27-20-14)19-15(22)11-26-17(23)9-8-12-6-4-5-7-13(12)21(24)25/h4-10H,11H2,1-3H3,(H,19,22)/b9-8+. The first kappa shape index (κ1) is 19.8. The number of benzene rings is 1. The van der Waals surface area contributed by atoms with Crippen molar-refractivity contribution in [1.29, 1.82) is 0 Å². The summed E-state index contributed by atoms with van der Waals surface area (Å²) in [5, 5.41) is 17.2. The van der Waals surface area contributed by atoms with E-state index in [1.54, 1.807) is 12.1 Å². The van der Waals surface area contributed by atoms with E-state index in [9.17, 15) is 19.7 Å². The molecule has 2 aromatic rings. The van der Waals surface area contributed by atoms with Gasteiger partial charge in [0, 0.05) is 23.6 Å². The monoisotopic (exact) mass is 373 g/mol. The Balaban J connectivity index is 1.87. The number of nitrogens with zero attached hydrogens (tertiary/aromatic N) is 2. The summed E-state index contributed by atoms with van der Waals surface area (Å²) in [5.74, 6) is -1.26. The minimum Gasteiger partial charge on any atom is -0.452 e. The van der Waals surface area contributed by atoms with Crippen molar-refractivity contribution in [3.8, 4) is 0 Å². The molecule has 0 spiro atoms. The van der Waals surface area contributed by atoms with Crippen LogP contribution in [0.4, 0.5) is 11.6 Å². The van der Waals surface area contributed by atoms with Gasteiger partial charge in [0.25, 0.3) is 11.6 Å². The second kappa shape index (κ2) is 8.26. The fourth-order valence-corrected chi connectivity index (χ4v) is 2.00. The topological polar surface area (TPSA) is 125 Å². The molecule has 1 amide bonds. The molecule has 0 unspecified atom stereocenters. The Hall–Kier alpha value is -3.49. The third-order valence-corrected chi connectivity index (χ3v) is 3.42. The number of nitrogens with one attached hydrogen (secondary N) is 1. The van der Waals surface area contributed by atoms with E-state index in [1.165, 1.54) is 24.3 Å². The molecule has 0 atom stereocenters. The largest absolute Gasteiger partial charge is 0.452 e. The number of hydrogen-bond acceptors (Lipinski definition) is 7. The first-order chi connectivity index (χ1) is 12.7. The van der Waals surface area contributed by atoms with Crippen LogP contribution in [0, 0.1) is 10.1 Å². The average Bonchev–Trinajstić information content (AvgIpc) is 3.07. The molecule has 0 radical (unpaired) electrons. The number of amides is 1. The van der Waals surface area contributed by atoms with E-state index in [-0.39, 0.29) is 22.6 Å². The van der Waals surface area contributed by atoms with Crippen LogP contribution in [0.2, 0.25) is 0 Å². The Morgan fingerprint density at radius 1 is 1.33 bits per heavy atom. The van der Waals surface area contributed by atoms with Crippen LogP contribution in [-0.4, -0.2) is 28.6 Å². The fraction of sp³-hybridized carbons (Fsp3) is 0.278. The second-order valence-electron chi connectivity index (χ2n) is 6.63. The molecular weight excluding hydrogens is 354 g/mol. The molecule has 142 valence electrons. The van der Waals surface area contributed by atoms with E-state index in [1.807, 2.05) is 20.8 Å². The molecule has 0 fully saturated rings. The van der Waals surface area contributed by atoms with Crippen molar-refractivity contribution in [3.63, 3.8) is 0 Å². The van der Waals surface area contributed by atoms with Crippen LogP contribution in [0.25, 0.3) is 6.08 Å². The Labute approximate surface area is 155 Å². The van der Waals surface area contributed by atoms with Crippen LogP contribution in [0.5, 0.6) is 0 Å². The van der Waals surface area contributed by atoms with Crippen LogP contribution < -0.4 is 5.32 Å². The van der Waals surface area contributed by atoms with Crippen LogP contribution >= 0.6 is 0 Å². The molecule has 1 N–H and O–H groups in total. The molecular formula is C18H19N3O6. The Bertz CT molecular complexity index is 879. The van der Waals surface area contributed by atoms with E-state index in [4.69, 9.17) is 9.26 Å². The number of esters is 1. The highest BCUT2D eigenvalue weighted by atomic mass is 16.6. The molecule has 1 aromatic carbocycles. The zero-order chi connectivity index (χ0) is 20.0. The van der Waals surface area contributed by atoms with Crippen molar-refractivity contribution in [3.05, 3.63) is 57.8 Å². The molecule has 9 nitrogen and oxygen atoms in total. The summed E-state index contributed by atoms with van der Waals surface area (Å²) in [5.41, 5.74) is 0.547. The maximum atomic E-state index is 11.8. The maximum Gasteiger partial charge on any atom is 0.331 e. The molecule has 1 heterocycles. The molecule has 27 heavy (non-hydrogen) atoms. The minimum absolute atomic E-state index is 0.140. The number of para-hydroxylation sites is 1.